The molecule has 20 heavy (non-hydrogen) atoms. The van der Waals surface area contributed by atoms with Crippen molar-refractivity contribution in [3.63, 3.8) is 0 Å². The van der Waals surface area contributed by atoms with Gasteiger partial charge in [0.25, 0.3) is 0 Å². The highest BCUT2D eigenvalue weighted by atomic mass is 16.5. The van der Waals surface area contributed by atoms with Crippen LogP contribution in [0.5, 0.6) is 5.75 Å². The van der Waals surface area contributed by atoms with E-state index < -0.39 is 0 Å². The summed E-state index contributed by atoms with van der Waals surface area (Å²) in [7, 11) is 1.64. The number of benzene rings is 1. The molecular weight excluding hydrogens is 254 g/mol. The number of nitrogens with two attached hydrogens (primary N) is 1. The molecule has 0 saturated heterocycles. The lowest BCUT2D eigenvalue weighted by Crippen LogP contribution is -2.17. The second-order valence-electron chi connectivity index (χ2n) is 5.22. The molecule has 1 fully saturated rings. The molecule has 0 aliphatic heterocycles. The molecule has 1 aliphatic carbocycles. The second-order valence-corrected chi connectivity index (χ2v) is 5.22. The van der Waals surface area contributed by atoms with Crippen LogP contribution in [0.3, 0.4) is 0 Å². The minimum absolute atomic E-state index is 0.312. The molecular formula is C15H19N3O2. The van der Waals surface area contributed by atoms with E-state index >= 15 is 0 Å². The van der Waals surface area contributed by atoms with Crippen LogP contribution < -0.4 is 10.5 Å². The lowest BCUT2D eigenvalue weighted by molar-refractivity contribution is 0.326. The molecule has 2 atom stereocenters. The Balaban J connectivity index is 1.86. The maximum atomic E-state index is 5.81. The molecule has 1 aromatic carbocycles. The quantitative estimate of drug-likeness (QED) is 0.926. The van der Waals surface area contributed by atoms with Crippen LogP contribution in [0.1, 0.15) is 31.1 Å². The molecule has 0 bridgehead atoms. The first-order valence-corrected chi connectivity index (χ1v) is 7.00. The van der Waals surface area contributed by atoms with Gasteiger partial charge in [0, 0.05) is 11.5 Å². The number of aromatic nitrogens is 2. The number of ether oxygens (including phenoxy) is 1. The molecule has 1 aromatic heterocycles. The van der Waals surface area contributed by atoms with Crippen LogP contribution in [0, 0.1) is 5.92 Å². The van der Waals surface area contributed by atoms with Crippen molar-refractivity contribution in [3.8, 4) is 17.1 Å². The zero-order valence-corrected chi connectivity index (χ0v) is 11.6. The highest BCUT2D eigenvalue weighted by Crippen LogP contribution is 2.38. The molecule has 0 spiro atoms. The summed E-state index contributed by atoms with van der Waals surface area (Å²) in [5, 5.41) is 4.09. The van der Waals surface area contributed by atoms with Gasteiger partial charge in [-0.05, 0) is 37.4 Å². The maximum Gasteiger partial charge on any atom is 0.230 e. The molecule has 1 heterocycles. The third-order valence-electron chi connectivity index (χ3n) is 4.05. The minimum atomic E-state index is 0.312. The van der Waals surface area contributed by atoms with Gasteiger partial charge in [0.2, 0.25) is 11.7 Å². The van der Waals surface area contributed by atoms with E-state index in [0.717, 1.165) is 30.0 Å². The van der Waals surface area contributed by atoms with Crippen molar-refractivity contribution in [2.24, 2.45) is 11.7 Å². The molecule has 1 aliphatic rings. The molecule has 1 saturated carbocycles. The summed E-state index contributed by atoms with van der Waals surface area (Å²) < 4.78 is 10.7. The van der Waals surface area contributed by atoms with E-state index in [2.05, 4.69) is 10.1 Å². The molecule has 2 unspecified atom stereocenters. The highest BCUT2D eigenvalue weighted by molar-refractivity contribution is 5.56. The van der Waals surface area contributed by atoms with Crippen molar-refractivity contribution in [3.05, 3.63) is 30.2 Å². The van der Waals surface area contributed by atoms with Crippen molar-refractivity contribution < 1.29 is 9.26 Å². The molecule has 0 amide bonds. The predicted molar refractivity (Wildman–Crippen MR) is 75.4 cm³/mol. The topological polar surface area (TPSA) is 74.2 Å². The van der Waals surface area contributed by atoms with Gasteiger partial charge in [-0.1, -0.05) is 23.7 Å². The van der Waals surface area contributed by atoms with Gasteiger partial charge < -0.3 is 15.0 Å². The molecule has 2 N–H and O–H groups in total. The number of rotatable bonds is 4. The largest absolute Gasteiger partial charge is 0.497 e. The Labute approximate surface area is 118 Å². The van der Waals surface area contributed by atoms with Gasteiger partial charge in [0.15, 0.2) is 0 Å². The number of nitrogens with zero attached hydrogens (tertiary/aromatic N) is 2. The minimum Gasteiger partial charge on any atom is -0.497 e. The van der Waals surface area contributed by atoms with E-state index in [-0.39, 0.29) is 0 Å². The van der Waals surface area contributed by atoms with Crippen molar-refractivity contribution in [1.82, 2.24) is 10.1 Å². The van der Waals surface area contributed by atoms with Crippen LogP contribution in [-0.4, -0.2) is 23.8 Å². The second kappa shape index (κ2) is 5.63. The van der Waals surface area contributed by atoms with Gasteiger partial charge >= 0.3 is 0 Å². The number of hydrogen-bond donors (Lipinski definition) is 1. The summed E-state index contributed by atoms with van der Waals surface area (Å²) in [6.45, 7) is 0.682. The first kappa shape index (κ1) is 13.1. The monoisotopic (exact) mass is 273 g/mol. The highest BCUT2D eigenvalue weighted by Gasteiger charge is 2.31. The van der Waals surface area contributed by atoms with Gasteiger partial charge in [0.05, 0.1) is 7.11 Å². The van der Waals surface area contributed by atoms with E-state index in [0.29, 0.717) is 24.2 Å². The van der Waals surface area contributed by atoms with Crippen LogP contribution in [0.15, 0.2) is 28.8 Å². The van der Waals surface area contributed by atoms with E-state index in [1.807, 2.05) is 24.3 Å². The zero-order valence-electron chi connectivity index (χ0n) is 11.6. The number of hydrogen-bond acceptors (Lipinski definition) is 5. The Bertz CT molecular complexity index is 582. The molecule has 106 valence electrons. The Morgan fingerprint density at radius 3 is 3.10 bits per heavy atom. The summed E-state index contributed by atoms with van der Waals surface area (Å²) in [6.07, 6.45) is 3.42. The molecule has 0 radical (unpaired) electrons. The van der Waals surface area contributed by atoms with E-state index in [4.69, 9.17) is 15.0 Å². The molecule has 5 heteroatoms. The van der Waals surface area contributed by atoms with Gasteiger partial charge in [-0.25, -0.2) is 0 Å². The van der Waals surface area contributed by atoms with Crippen molar-refractivity contribution >= 4 is 0 Å². The molecule has 2 aromatic rings. The van der Waals surface area contributed by atoms with Gasteiger partial charge in [-0.2, -0.15) is 4.98 Å². The Morgan fingerprint density at radius 1 is 1.40 bits per heavy atom. The Hall–Kier alpha value is -1.88. The first-order chi connectivity index (χ1) is 9.81. The summed E-state index contributed by atoms with van der Waals surface area (Å²) >= 11 is 0. The fourth-order valence-corrected chi connectivity index (χ4v) is 2.91. The lowest BCUT2D eigenvalue weighted by Gasteiger charge is -2.12. The van der Waals surface area contributed by atoms with Crippen molar-refractivity contribution in [2.45, 2.75) is 25.2 Å². The molecule has 5 nitrogen and oxygen atoms in total. The van der Waals surface area contributed by atoms with Gasteiger partial charge in [-0.15, -0.1) is 0 Å². The van der Waals surface area contributed by atoms with E-state index in [1.54, 1.807) is 7.11 Å². The average Bonchev–Trinajstić information content (AvgIpc) is 3.15. The maximum absolute atomic E-state index is 5.81. The third-order valence-corrected chi connectivity index (χ3v) is 4.05. The third kappa shape index (κ3) is 2.41. The summed E-state index contributed by atoms with van der Waals surface area (Å²) in [6, 6.07) is 7.67. The van der Waals surface area contributed by atoms with Crippen LogP contribution in [-0.2, 0) is 0 Å². The van der Waals surface area contributed by atoms with Crippen LogP contribution in [0.2, 0.25) is 0 Å². The van der Waals surface area contributed by atoms with Crippen LogP contribution in [0.4, 0.5) is 0 Å². The van der Waals surface area contributed by atoms with Crippen molar-refractivity contribution in [1.29, 1.82) is 0 Å². The normalized spacial score (nSPS) is 22.1. The van der Waals surface area contributed by atoms with E-state index in [1.165, 1.54) is 6.42 Å². The lowest BCUT2D eigenvalue weighted by atomic mass is 9.96. The van der Waals surface area contributed by atoms with Crippen LogP contribution >= 0.6 is 0 Å². The van der Waals surface area contributed by atoms with Crippen molar-refractivity contribution in [2.75, 3.05) is 13.7 Å². The fourth-order valence-electron chi connectivity index (χ4n) is 2.91. The molecule has 3 rings (SSSR count). The van der Waals surface area contributed by atoms with Crippen LogP contribution in [0.25, 0.3) is 11.4 Å². The Morgan fingerprint density at radius 2 is 2.30 bits per heavy atom. The average molecular weight is 273 g/mol. The van der Waals surface area contributed by atoms with Gasteiger partial charge in [-0.3, -0.25) is 0 Å². The Kier molecular flexibility index (Phi) is 3.69. The zero-order chi connectivity index (χ0) is 13.9. The SMILES string of the molecule is COc1cccc(-c2noc(C3CCCC3CN)n2)c1. The van der Waals surface area contributed by atoms with E-state index in [9.17, 15) is 0 Å². The predicted octanol–water partition coefficient (Wildman–Crippen LogP) is 2.59. The number of methoxy groups -OCH3 is 1. The summed E-state index contributed by atoms with van der Waals surface area (Å²) in [4.78, 5) is 4.55. The van der Waals surface area contributed by atoms with Gasteiger partial charge in [0.1, 0.15) is 5.75 Å². The first-order valence-electron chi connectivity index (χ1n) is 7.00. The summed E-state index contributed by atoms with van der Waals surface area (Å²) in [5.41, 5.74) is 6.72. The fraction of sp³-hybridized carbons (Fsp3) is 0.467. The summed E-state index contributed by atoms with van der Waals surface area (Å²) in [5.74, 6) is 2.90. The smallest absolute Gasteiger partial charge is 0.230 e. The standard InChI is InChI=1S/C15H19N3O2/c1-19-12-6-2-4-10(8-12)14-17-15(20-18-14)13-7-3-5-11(13)9-16/h2,4,6,8,11,13H,3,5,7,9,16H2,1H3.